The first-order valence-corrected chi connectivity index (χ1v) is 10.8. The number of rotatable bonds is 5. The summed E-state index contributed by atoms with van der Waals surface area (Å²) in [4.78, 5) is 9.50. The van der Waals surface area contributed by atoms with Gasteiger partial charge in [0.05, 0.1) is 12.7 Å². The van der Waals surface area contributed by atoms with Crippen LogP contribution in [0.5, 0.6) is 0 Å². The molecule has 3 heterocycles. The Hall–Kier alpha value is -1.63. The van der Waals surface area contributed by atoms with Crippen molar-refractivity contribution in [2.75, 3.05) is 46.4 Å². The van der Waals surface area contributed by atoms with E-state index in [0.717, 1.165) is 58.2 Å². The van der Waals surface area contributed by atoms with E-state index < -0.39 is 0 Å². The Morgan fingerprint density at radius 3 is 2.71 bits per heavy atom. The number of guanidine groups is 1. The van der Waals surface area contributed by atoms with Gasteiger partial charge in [0.25, 0.3) is 0 Å². The second kappa shape index (κ2) is 9.72. The molecule has 0 bridgehead atoms. The largest absolute Gasteiger partial charge is 0.375 e. The highest BCUT2D eigenvalue weighted by Crippen LogP contribution is 2.22. The number of likely N-dealkylation sites (tertiary alicyclic amines) is 1. The molecule has 3 atom stereocenters. The Morgan fingerprint density at radius 1 is 1.07 bits per heavy atom. The predicted octanol–water partition coefficient (Wildman–Crippen LogP) is 2.11. The Bertz CT molecular complexity index is 633. The van der Waals surface area contributed by atoms with Crippen LogP contribution < -0.4 is 5.32 Å². The summed E-state index contributed by atoms with van der Waals surface area (Å²) in [5, 5.41) is 3.65. The Balaban J connectivity index is 1.29. The quantitative estimate of drug-likeness (QED) is 0.620. The third-order valence-corrected chi connectivity index (χ3v) is 6.21. The number of nitrogens with zero attached hydrogens (tertiary/aromatic N) is 3. The zero-order chi connectivity index (χ0) is 19.2. The van der Waals surface area contributed by atoms with Crippen molar-refractivity contribution in [1.29, 1.82) is 0 Å². The van der Waals surface area contributed by atoms with E-state index in [1.807, 2.05) is 7.05 Å². The zero-order valence-corrected chi connectivity index (χ0v) is 17.1. The van der Waals surface area contributed by atoms with Gasteiger partial charge in [-0.25, -0.2) is 0 Å². The molecule has 0 amide bonds. The van der Waals surface area contributed by atoms with Gasteiger partial charge in [0.1, 0.15) is 6.10 Å². The minimum absolute atomic E-state index is 0.163. The van der Waals surface area contributed by atoms with Gasteiger partial charge in [0.2, 0.25) is 0 Å². The molecular weight excluding hydrogens is 352 g/mol. The lowest BCUT2D eigenvalue weighted by atomic mass is 10.1. The van der Waals surface area contributed by atoms with Gasteiger partial charge in [-0.05, 0) is 37.8 Å². The maximum atomic E-state index is 5.99. The Kier molecular flexibility index (Phi) is 6.83. The summed E-state index contributed by atoms with van der Waals surface area (Å²) in [6, 6.07) is 11.4. The highest BCUT2D eigenvalue weighted by atomic mass is 16.5. The van der Waals surface area contributed by atoms with E-state index in [-0.39, 0.29) is 12.2 Å². The van der Waals surface area contributed by atoms with Gasteiger partial charge in [0, 0.05) is 45.9 Å². The summed E-state index contributed by atoms with van der Waals surface area (Å²) in [6.45, 7) is 6.53. The average molecular weight is 387 g/mol. The molecule has 3 unspecified atom stereocenters. The standard InChI is InChI=1S/C22H34N4O2/c1-23-22(26-12-14-28-21(17-26)20-10-6-13-27-20)24-15-19-9-5-11-25(19)16-18-7-3-2-4-8-18/h2-4,7-8,19-21H,5-6,9-17H2,1H3,(H,23,24). The Morgan fingerprint density at radius 2 is 1.93 bits per heavy atom. The van der Waals surface area contributed by atoms with Crippen LogP contribution in [-0.2, 0) is 16.0 Å². The fraction of sp³-hybridized carbons (Fsp3) is 0.682. The SMILES string of the molecule is CN=C(NCC1CCCN1Cc1ccccc1)N1CCOC(C2CCCO2)C1. The fourth-order valence-corrected chi connectivity index (χ4v) is 4.68. The number of hydrogen-bond acceptors (Lipinski definition) is 4. The molecule has 28 heavy (non-hydrogen) atoms. The van der Waals surface area contributed by atoms with Crippen molar-refractivity contribution < 1.29 is 9.47 Å². The van der Waals surface area contributed by atoms with Crippen molar-refractivity contribution in [2.24, 2.45) is 4.99 Å². The van der Waals surface area contributed by atoms with Gasteiger partial charge >= 0.3 is 0 Å². The van der Waals surface area contributed by atoms with Crippen molar-refractivity contribution in [3.8, 4) is 0 Å². The fourth-order valence-electron chi connectivity index (χ4n) is 4.68. The molecule has 0 aromatic heterocycles. The summed E-state index contributed by atoms with van der Waals surface area (Å²) in [5.74, 6) is 0.998. The third kappa shape index (κ3) is 4.85. The van der Waals surface area contributed by atoms with Crippen LogP contribution >= 0.6 is 0 Å². The highest BCUT2D eigenvalue weighted by Gasteiger charge is 2.32. The lowest BCUT2D eigenvalue weighted by Gasteiger charge is -2.37. The molecule has 3 aliphatic heterocycles. The van der Waals surface area contributed by atoms with E-state index in [4.69, 9.17) is 9.47 Å². The predicted molar refractivity (Wildman–Crippen MR) is 112 cm³/mol. The van der Waals surface area contributed by atoms with Crippen molar-refractivity contribution >= 4 is 5.96 Å². The van der Waals surface area contributed by atoms with Crippen LogP contribution in [0.1, 0.15) is 31.2 Å². The number of aliphatic imine (C=N–C) groups is 1. The van der Waals surface area contributed by atoms with E-state index in [0.29, 0.717) is 6.04 Å². The molecule has 1 aromatic rings. The molecule has 1 aromatic carbocycles. The van der Waals surface area contributed by atoms with Crippen molar-refractivity contribution in [3.63, 3.8) is 0 Å². The zero-order valence-electron chi connectivity index (χ0n) is 17.1. The molecule has 154 valence electrons. The first kappa shape index (κ1) is 19.7. The maximum Gasteiger partial charge on any atom is 0.193 e. The molecule has 1 N–H and O–H groups in total. The van der Waals surface area contributed by atoms with E-state index in [9.17, 15) is 0 Å². The molecule has 0 spiro atoms. The number of ether oxygens (including phenoxy) is 2. The number of hydrogen-bond donors (Lipinski definition) is 1. The average Bonchev–Trinajstić information content (AvgIpc) is 3.42. The van der Waals surface area contributed by atoms with Gasteiger partial charge in [-0.1, -0.05) is 30.3 Å². The number of morpholine rings is 1. The molecule has 3 fully saturated rings. The van der Waals surface area contributed by atoms with Gasteiger partial charge in [0.15, 0.2) is 5.96 Å². The van der Waals surface area contributed by atoms with Crippen LogP contribution in [0.3, 0.4) is 0 Å². The van der Waals surface area contributed by atoms with E-state index >= 15 is 0 Å². The van der Waals surface area contributed by atoms with Crippen LogP contribution in [0.15, 0.2) is 35.3 Å². The van der Waals surface area contributed by atoms with Crippen molar-refractivity contribution in [2.45, 2.75) is 50.5 Å². The summed E-state index contributed by atoms with van der Waals surface area (Å²) in [5.41, 5.74) is 1.39. The molecular formula is C22H34N4O2. The summed E-state index contributed by atoms with van der Waals surface area (Å²) < 4.78 is 11.8. The number of benzene rings is 1. The molecule has 6 heteroatoms. The minimum atomic E-state index is 0.163. The molecule has 4 rings (SSSR count). The lowest BCUT2D eigenvalue weighted by molar-refractivity contribution is -0.0817. The van der Waals surface area contributed by atoms with Crippen LogP contribution in [-0.4, -0.2) is 80.4 Å². The summed E-state index contributed by atoms with van der Waals surface area (Å²) in [7, 11) is 1.88. The van der Waals surface area contributed by atoms with Crippen LogP contribution in [0.2, 0.25) is 0 Å². The molecule has 3 saturated heterocycles. The van der Waals surface area contributed by atoms with Crippen LogP contribution in [0.25, 0.3) is 0 Å². The van der Waals surface area contributed by atoms with E-state index in [1.165, 1.54) is 24.9 Å². The van der Waals surface area contributed by atoms with Gasteiger partial charge < -0.3 is 19.7 Å². The minimum Gasteiger partial charge on any atom is -0.375 e. The maximum absolute atomic E-state index is 5.99. The second-order valence-electron chi connectivity index (χ2n) is 8.09. The van der Waals surface area contributed by atoms with Gasteiger partial charge in [-0.3, -0.25) is 9.89 Å². The van der Waals surface area contributed by atoms with Gasteiger partial charge in [-0.15, -0.1) is 0 Å². The normalized spacial score (nSPS) is 29.4. The van der Waals surface area contributed by atoms with E-state index in [2.05, 4.69) is 50.4 Å². The molecule has 6 nitrogen and oxygen atoms in total. The molecule has 3 aliphatic rings. The van der Waals surface area contributed by atoms with Crippen LogP contribution in [0, 0.1) is 0 Å². The van der Waals surface area contributed by atoms with Crippen LogP contribution in [0.4, 0.5) is 0 Å². The van der Waals surface area contributed by atoms with Crippen molar-refractivity contribution in [3.05, 3.63) is 35.9 Å². The first-order chi connectivity index (χ1) is 13.8. The second-order valence-corrected chi connectivity index (χ2v) is 8.09. The topological polar surface area (TPSA) is 49.3 Å². The lowest BCUT2D eigenvalue weighted by Crippen LogP contribution is -2.54. The van der Waals surface area contributed by atoms with Crippen molar-refractivity contribution in [1.82, 2.24) is 15.1 Å². The Labute approximate surface area is 168 Å². The summed E-state index contributed by atoms with van der Waals surface area (Å²) in [6.07, 6.45) is 5.19. The monoisotopic (exact) mass is 386 g/mol. The highest BCUT2D eigenvalue weighted by molar-refractivity contribution is 5.80. The number of nitrogens with one attached hydrogen (secondary N) is 1. The summed E-state index contributed by atoms with van der Waals surface area (Å²) >= 11 is 0. The third-order valence-electron chi connectivity index (χ3n) is 6.21. The van der Waals surface area contributed by atoms with E-state index in [1.54, 1.807) is 0 Å². The molecule has 0 aliphatic carbocycles. The molecule has 0 radical (unpaired) electrons. The first-order valence-electron chi connectivity index (χ1n) is 10.8. The molecule has 0 saturated carbocycles. The smallest absolute Gasteiger partial charge is 0.193 e. The van der Waals surface area contributed by atoms with Gasteiger partial charge in [-0.2, -0.15) is 0 Å².